The lowest BCUT2D eigenvalue weighted by Crippen LogP contribution is -2.48. The molecular formula is C17H24BrNO2. The quantitative estimate of drug-likeness (QED) is 0.906. The molecule has 0 aliphatic carbocycles. The van der Waals surface area contributed by atoms with E-state index < -0.39 is 0 Å². The molecule has 2 aliphatic heterocycles. The van der Waals surface area contributed by atoms with Crippen LogP contribution in [0.5, 0.6) is 0 Å². The van der Waals surface area contributed by atoms with Crippen LogP contribution in [0.4, 0.5) is 0 Å². The minimum absolute atomic E-state index is 0.0378. The molecule has 2 fully saturated rings. The lowest BCUT2D eigenvalue weighted by atomic mass is 9.77. The molecule has 2 saturated heterocycles. The highest BCUT2D eigenvalue weighted by Crippen LogP contribution is 2.38. The van der Waals surface area contributed by atoms with Gasteiger partial charge in [0.05, 0.1) is 5.60 Å². The first-order chi connectivity index (χ1) is 10.2. The maximum atomic E-state index is 6.52. The molecule has 3 nitrogen and oxygen atoms in total. The van der Waals surface area contributed by atoms with E-state index in [9.17, 15) is 0 Å². The molecule has 21 heavy (non-hydrogen) atoms. The third kappa shape index (κ3) is 3.86. The predicted molar refractivity (Wildman–Crippen MR) is 87.3 cm³/mol. The summed E-state index contributed by atoms with van der Waals surface area (Å²) in [5.41, 5.74) is 7.87. The van der Waals surface area contributed by atoms with Crippen LogP contribution in [-0.2, 0) is 15.9 Å². The van der Waals surface area contributed by atoms with E-state index in [1.165, 1.54) is 5.56 Å². The van der Waals surface area contributed by atoms with E-state index in [1.807, 2.05) is 0 Å². The smallest absolute Gasteiger partial charge is 0.0729 e. The van der Waals surface area contributed by atoms with Crippen LogP contribution in [0, 0.1) is 5.92 Å². The van der Waals surface area contributed by atoms with Crippen LogP contribution in [0.15, 0.2) is 28.7 Å². The highest BCUT2D eigenvalue weighted by atomic mass is 79.9. The number of ether oxygens (including phenoxy) is 2. The van der Waals surface area contributed by atoms with Crippen LogP contribution >= 0.6 is 15.9 Å². The van der Waals surface area contributed by atoms with Crippen molar-refractivity contribution in [3.05, 3.63) is 34.3 Å². The highest BCUT2D eigenvalue weighted by Gasteiger charge is 2.40. The van der Waals surface area contributed by atoms with Gasteiger partial charge in [0.1, 0.15) is 0 Å². The molecule has 1 aromatic carbocycles. The van der Waals surface area contributed by atoms with Crippen molar-refractivity contribution in [3.63, 3.8) is 0 Å². The SMILES string of the molecule is NC(Cc1cccc(Br)c1)C1CCOC2(CCOCC2)C1. The average molecular weight is 354 g/mol. The molecule has 0 aromatic heterocycles. The third-order valence-electron chi connectivity index (χ3n) is 4.90. The van der Waals surface area contributed by atoms with Gasteiger partial charge in [0.2, 0.25) is 0 Å². The molecule has 0 radical (unpaired) electrons. The monoisotopic (exact) mass is 353 g/mol. The van der Waals surface area contributed by atoms with Gasteiger partial charge in [-0.3, -0.25) is 0 Å². The number of nitrogens with two attached hydrogens (primary N) is 1. The summed E-state index contributed by atoms with van der Waals surface area (Å²) in [5, 5.41) is 0. The Labute approximate surface area is 135 Å². The summed E-state index contributed by atoms with van der Waals surface area (Å²) in [6.45, 7) is 2.50. The van der Waals surface area contributed by atoms with Crippen LogP contribution in [-0.4, -0.2) is 31.5 Å². The van der Waals surface area contributed by atoms with Crippen molar-refractivity contribution in [1.82, 2.24) is 0 Å². The van der Waals surface area contributed by atoms with Gasteiger partial charge in [0.15, 0.2) is 0 Å². The number of halogens is 1. The second-order valence-corrected chi connectivity index (χ2v) is 7.31. The summed E-state index contributed by atoms with van der Waals surface area (Å²) in [6.07, 6.45) is 5.15. The van der Waals surface area contributed by atoms with E-state index in [0.717, 1.165) is 56.4 Å². The summed E-state index contributed by atoms with van der Waals surface area (Å²) >= 11 is 3.53. The van der Waals surface area contributed by atoms with Crippen molar-refractivity contribution in [2.75, 3.05) is 19.8 Å². The zero-order valence-corrected chi connectivity index (χ0v) is 14.0. The standard InChI is InChI=1S/C17H24BrNO2/c18-15-3-1-2-13(10-15)11-16(19)14-4-7-21-17(12-14)5-8-20-9-6-17/h1-3,10,14,16H,4-9,11-12,19H2. The molecule has 1 aromatic rings. The molecule has 0 saturated carbocycles. The van der Waals surface area contributed by atoms with E-state index in [2.05, 4.69) is 40.2 Å². The van der Waals surface area contributed by atoms with Gasteiger partial charge in [0.25, 0.3) is 0 Å². The molecule has 2 aliphatic rings. The van der Waals surface area contributed by atoms with Crippen molar-refractivity contribution in [2.24, 2.45) is 11.7 Å². The van der Waals surface area contributed by atoms with Gasteiger partial charge in [-0.1, -0.05) is 28.1 Å². The van der Waals surface area contributed by atoms with Crippen molar-refractivity contribution in [1.29, 1.82) is 0 Å². The van der Waals surface area contributed by atoms with Crippen LogP contribution < -0.4 is 5.73 Å². The van der Waals surface area contributed by atoms with Crippen molar-refractivity contribution in [3.8, 4) is 0 Å². The maximum Gasteiger partial charge on any atom is 0.0729 e. The van der Waals surface area contributed by atoms with Crippen molar-refractivity contribution in [2.45, 2.75) is 43.7 Å². The van der Waals surface area contributed by atoms with Gasteiger partial charge >= 0.3 is 0 Å². The van der Waals surface area contributed by atoms with E-state index in [4.69, 9.17) is 15.2 Å². The summed E-state index contributed by atoms with van der Waals surface area (Å²) in [5.74, 6) is 0.552. The molecular weight excluding hydrogens is 330 g/mol. The number of hydrogen-bond donors (Lipinski definition) is 1. The van der Waals surface area contributed by atoms with Gasteiger partial charge in [-0.05, 0) is 55.7 Å². The molecule has 2 heterocycles. The molecule has 3 rings (SSSR count). The molecule has 2 unspecified atom stereocenters. The molecule has 4 heteroatoms. The van der Waals surface area contributed by atoms with Crippen LogP contribution in [0.1, 0.15) is 31.2 Å². The van der Waals surface area contributed by atoms with Crippen LogP contribution in [0.3, 0.4) is 0 Å². The first-order valence-corrected chi connectivity index (χ1v) is 8.68. The van der Waals surface area contributed by atoms with Gasteiger partial charge < -0.3 is 15.2 Å². The Balaban J connectivity index is 1.62. The Morgan fingerprint density at radius 3 is 2.86 bits per heavy atom. The zero-order chi connectivity index (χ0) is 14.7. The topological polar surface area (TPSA) is 44.5 Å². The van der Waals surface area contributed by atoms with Gasteiger partial charge in [-0.2, -0.15) is 0 Å². The molecule has 2 atom stereocenters. The summed E-state index contributed by atoms with van der Waals surface area (Å²) in [7, 11) is 0. The Kier molecular flexibility index (Phi) is 4.99. The third-order valence-corrected chi connectivity index (χ3v) is 5.39. The maximum absolute atomic E-state index is 6.52. The second-order valence-electron chi connectivity index (χ2n) is 6.39. The van der Waals surface area contributed by atoms with Crippen molar-refractivity contribution < 1.29 is 9.47 Å². The first kappa shape index (κ1) is 15.5. The number of hydrogen-bond acceptors (Lipinski definition) is 3. The predicted octanol–water partition coefficient (Wildman–Crippen LogP) is 3.29. The minimum atomic E-state index is 0.0378. The van der Waals surface area contributed by atoms with Crippen molar-refractivity contribution >= 4 is 15.9 Å². The fourth-order valence-corrected chi connectivity index (χ4v) is 4.07. The summed E-state index contributed by atoms with van der Waals surface area (Å²) in [6, 6.07) is 8.68. The normalized spacial score (nSPS) is 26.7. The van der Waals surface area contributed by atoms with E-state index in [0.29, 0.717) is 5.92 Å². The van der Waals surface area contributed by atoms with Crippen LogP contribution in [0.2, 0.25) is 0 Å². The average Bonchev–Trinajstić information content (AvgIpc) is 2.48. The zero-order valence-electron chi connectivity index (χ0n) is 12.4. The Bertz CT molecular complexity index is 468. The fraction of sp³-hybridized carbons (Fsp3) is 0.647. The molecule has 1 spiro atoms. The van der Waals surface area contributed by atoms with E-state index in [-0.39, 0.29) is 11.6 Å². The molecule has 116 valence electrons. The lowest BCUT2D eigenvalue weighted by Gasteiger charge is -2.44. The number of benzene rings is 1. The fourth-order valence-electron chi connectivity index (χ4n) is 3.63. The lowest BCUT2D eigenvalue weighted by molar-refractivity contribution is -0.149. The molecule has 0 bridgehead atoms. The molecule has 0 amide bonds. The molecule has 2 N–H and O–H groups in total. The highest BCUT2D eigenvalue weighted by molar-refractivity contribution is 9.10. The van der Waals surface area contributed by atoms with Gasteiger partial charge in [0, 0.05) is 30.3 Å². The second kappa shape index (κ2) is 6.78. The Morgan fingerprint density at radius 1 is 1.29 bits per heavy atom. The summed E-state index contributed by atoms with van der Waals surface area (Å²) < 4.78 is 12.7. The van der Waals surface area contributed by atoms with E-state index in [1.54, 1.807) is 0 Å². The van der Waals surface area contributed by atoms with Gasteiger partial charge in [-0.15, -0.1) is 0 Å². The summed E-state index contributed by atoms with van der Waals surface area (Å²) in [4.78, 5) is 0. The minimum Gasteiger partial charge on any atom is -0.381 e. The number of rotatable bonds is 3. The van der Waals surface area contributed by atoms with Crippen LogP contribution in [0.25, 0.3) is 0 Å². The largest absolute Gasteiger partial charge is 0.381 e. The first-order valence-electron chi connectivity index (χ1n) is 7.89. The Hall–Kier alpha value is -0.420. The Morgan fingerprint density at radius 2 is 2.10 bits per heavy atom. The van der Waals surface area contributed by atoms with E-state index >= 15 is 0 Å². The van der Waals surface area contributed by atoms with Gasteiger partial charge in [-0.25, -0.2) is 0 Å².